The van der Waals surface area contributed by atoms with E-state index in [4.69, 9.17) is 25.3 Å². The second-order valence-corrected chi connectivity index (χ2v) is 6.65. The van der Waals surface area contributed by atoms with E-state index in [0.29, 0.717) is 13.0 Å². The van der Waals surface area contributed by atoms with Gasteiger partial charge in [0.15, 0.2) is 0 Å². The van der Waals surface area contributed by atoms with Crippen molar-refractivity contribution >= 4 is 25.7 Å². The molecule has 112 valence electrons. The lowest BCUT2D eigenvalue weighted by Gasteiger charge is -2.16. The molecule has 1 N–H and O–H groups in total. The summed E-state index contributed by atoms with van der Waals surface area (Å²) in [6.07, 6.45) is 0.252. The van der Waals surface area contributed by atoms with Crippen molar-refractivity contribution < 1.29 is 27.8 Å². The van der Waals surface area contributed by atoms with Gasteiger partial charge in [-0.15, -0.1) is 0 Å². The van der Waals surface area contributed by atoms with Crippen molar-refractivity contribution in [3.05, 3.63) is 23.8 Å². The number of benzene rings is 1. The van der Waals surface area contributed by atoms with Gasteiger partial charge in [-0.1, -0.05) is 0 Å². The summed E-state index contributed by atoms with van der Waals surface area (Å²) < 4.78 is 33.4. The molecule has 1 unspecified atom stereocenters. The number of hydrogen-bond acceptors (Lipinski definition) is 5. The van der Waals surface area contributed by atoms with Crippen LogP contribution in [-0.4, -0.2) is 39.3 Å². The lowest BCUT2D eigenvalue weighted by atomic mass is 10.2. The third-order valence-corrected chi connectivity index (χ3v) is 3.85. The topological polar surface area (TPSA) is 89.9 Å². The maximum absolute atomic E-state index is 11.5. The largest absolute Gasteiger partial charge is 0.489 e. The summed E-state index contributed by atoms with van der Waals surface area (Å²) in [5.41, 5.74) is -0.180. The van der Waals surface area contributed by atoms with Gasteiger partial charge < -0.3 is 14.6 Å². The number of aromatic carboxylic acids is 1. The average molecular weight is 323 g/mol. The maximum atomic E-state index is 11.5. The van der Waals surface area contributed by atoms with Crippen LogP contribution in [0.15, 0.2) is 23.1 Å². The Morgan fingerprint density at radius 1 is 1.45 bits per heavy atom. The van der Waals surface area contributed by atoms with E-state index in [1.54, 1.807) is 14.0 Å². The van der Waals surface area contributed by atoms with Crippen LogP contribution < -0.4 is 4.74 Å². The molecule has 0 bridgehead atoms. The fraction of sp³-hybridized carbons (Fsp3) is 0.417. The second kappa shape index (κ2) is 6.92. The Labute approximate surface area is 121 Å². The van der Waals surface area contributed by atoms with Gasteiger partial charge in [0, 0.05) is 30.8 Å². The molecule has 0 saturated carbocycles. The second-order valence-electron chi connectivity index (χ2n) is 4.11. The summed E-state index contributed by atoms with van der Waals surface area (Å²) in [7, 11) is 2.74. The number of carboxylic acids is 1. The van der Waals surface area contributed by atoms with Crippen molar-refractivity contribution in [2.75, 3.05) is 13.7 Å². The molecule has 0 heterocycles. The van der Waals surface area contributed by atoms with Gasteiger partial charge in [0.05, 0.1) is 11.7 Å². The first-order valence-electron chi connectivity index (χ1n) is 5.73. The summed E-state index contributed by atoms with van der Waals surface area (Å²) in [6, 6.07) is 3.51. The predicted molar refractivity (Wildman–Crippen MR) is 73.0 cm³/mol. The Balaban J connectivity index is 3.10. The van der Waals surface area contributed by atoms with Crippen LogP contribution in [-0.2, 0) is 13.8 Å². The van der Waals surface area contributed by atoms with Gasteiger partial charge >= 0.3 is 5.97 Å². The zero-order valence-electron chi connectivity index (χ0n) is 11.0. The van der Waals surface area contributed by atoms with E-state index in [1.165, 1.54) is 12.1 Å². The van der Waals surface area contributed by atoms with Crippen LogP contribution in [0.25, 0.3) is 0 Å². The maximum Gasteiger partial charge on any atom is 0.335 e. The highest BCUT2D eigenvalue weighted by Crippen LogP contribution is 2.29. The van der Waals surface area contributed by atoms with Crippen LogP contribution in [0.1, 0.15) is 23.7 Å². The van der Waals surface area contributed by atoms with Crippen LogP contribution >= 0.6 is 10.7 Å². The minimum Gasteiger partial charge on any atom is -0.489 e. The van der Waals surface area contributed by atoms with Gasteiger partial charge in [0.2, 0.25) is 0 Å². The molecule has 1 rings (SSSR count). The standard InChI is InChI=1S/C12H15ClO6S/c1-8(5-6-18-2)19-10-4-3-9(12(14)15)7-11(10)20(13,16)17/h3-4,7-8H,5-6H2,1-2H3,(H,14,15). The average Bonchev–Trinajstić information content (AvgIpc) is 2.35. The number of rotatable bonds is 7. The van der Waals surface area contributed by atoms with E-state index in [9.17, 15) is 13.2 Å². The Bertz CT molecular complexity index is 584. The lowest BCUT2D eigenvalue weighted by molar-refractivity contribution is 0.0696. The van der Waals surface area contributed by atoms with Crippen LogP contribution in [0.4, 0.5) is 0 Å². The molecular formula is C12H15ClO6S. The summed E-state index contributed by atoms with van der Waals surface area (Å²) >= 11 is 0. The first kappa shape index (κ1) is 16.7. The fourth-order valence-corrected chi connectivity index (χ4v) is 2.47. The number of methoxy groups -OCH3 is 1. The predicted octanol–water partition coefficient (Wildman–Crippen LogP) is 2.12. The third-order valence-electron chi connectivity index (χ3n) is 2.51. The molecule has 0 radical (unpaired) electrons. The highest BCUT2D eigenvalue weighted by molar-refractivity contribution is 8.13. The lowest BCUT2D eigenvalue weighted by Crippen LogP contribution is -2.15. The molecule has 0 aromatic heterocycles. The summed E-state index contributed by atoms with van der Waals surface area (Å²) in [4.78, 5) is 10.5. The molecule has 1 aromatic rings. The van der Waals surface area contributed by atoms with Crippen LogP contribution in [0, 0.1) is 0 Å². The van der Waals surface area contributed by atoms with E-state index in [1.807, 2.05) is 0 Å². The Kier molecular flexibility index (Phi) is 5.79. The molecule has 8 heteroatoms. The minimum atomic E-state index is -4.10. The van der Waals surface area contributed by atoms with Crippen LogP contribution in [0.2, 0.25) is 0 Å². The molecule has 0 saturated heterocycles. The highest BCUT2D eigenvalue weighted by atomic mass is 35.7. The number of carboxylic acid groups (broad SMARTS) is 1. The monoisotopic (exact) mass is 322 g/mol. The van der Waals surface area contributed by atoms with Crippen LogP contribution in [0.3, 0.4) is 0 Å². The number of ether oxygens (including phenoxy) is 2. The SMILES string of the molecule is COCCC(C)Oc1ccc(C(=O)O)cc1S(=O)(=O)Cl. The van der Waals surface area contributed by atoms with Gasteiger partial charge in [0.25, 0.3) is 9.05 Å². The van der Waals surface area contributed by atoms with Gasteiger partial charge in [-0.3, -0.25) is 0 Å². The summed E-state index contributed by atoms with van der Waals surface area (Å²) in [5.74, 6) is -1.22. The van der Waals surface area contributed by atoms with E-state index in [2.05, 4.69) is 0 Å². The first-order chi connectivity index (χ1) is 9.25. The summed E-state index contributed by atoms with van der Waals surface area (Å²) in [5, 5.41) is 8.87. The molecule has 1 atom stereocenters. The molecule has 0 fully saturated rings. The molecule has 1 aromatic carbocycles. The van der Waals surface area contributed by atoms with Gasteiger partial charge in [-0.2, -0.15) is 0 Å². The van der Waals surface area contributed by atoms with Crippen molar-refractivity contribution in [3.63, 3.8) is 0 Å². The molecule has 6 nitrogen and oxygen atoms in total. The fourth-order valence-electron chi connectivity index (χ4n) is 1.49. The van der Waals surface area contributed by atoms with Crippen molar-refractivity contribution in [3.8, 4) is 5.75 Å². The van der Waals surface area contributed by atoms with E-state index < -0.39 is 15.0 Å². The van der Waals surface area contributed by atoms with Gasteiger partial charge in [-0.05, 0) is 25.1 Å². The van der Waals surface area contributed by atoms with Crippen molar-refractivity contribution in [1.29, 1.82) is 0 Å². The van der Waals surface area contributed by atoms with E-state index in [0.717, 1.165) is 6.07 Å². The number of carbonyl (C=O) groups is 1. The van der Waals surface area contributed by atoms with Gasteiger partial charge in [0.1, 0.15) is 10.6 Å². The zero-order chi connectivity index (χ0) is 15.3. The molecule has 0 aliphatic carbocycles. The normalized spacial score (nSPS) is 12.9. The summed E-state index contributed by atoms with van der Waals surface area (Å²) in [6.45, 7) is 2.20. The molecule has 0 aliphatic heterocycles. The Hall–Kier alpha value is -1.31. The third kappa shape index (κ3) is 4.66. The quantitative estimate of drug-likeness (QED) is 0.773. The molecule has 0 aliphatic rings. The Morgan fingerprint density at radius 2 is 2.10 bits per heavy atom. The first-order valence-corrected chi connectivity index (χ1v) is 8.04. The van der Waals surface area contributed by atoms with Crippen molar-refractivity contribution in [1.82, 2.24) is 0 Å². The van der Waals surface area contributed by atoms with Crippen LogP contribution in [0.5, 0.6) is 5.75 Å². The molecule has 0 amide bonds. The molecular weight excluding hydrogens is 308 g/mol. The molecule has 20 heavy (non-hydrogen) atoms. The van der Waals surface area contributed by atoms with E-state index in [-0.39, 0.29) is 22.3 Å². The Morgan fingerprint density at radius 3 is 2.60 bits per heavy atom. The zero-order valence-corrected chi connectivity index (χ0v) is 12.6. The van der Waals surface area contributed by atoms with E-state index >= 15 is 0 Å². The van der Waals surface area contributed by atoms with Crippen molar-refractivity contribution in [2.45, 2.75) is 24.3 Å². The smallest absolute Gasteiger partial charge is 0.335 e. The minimum absolute atomic E-state index is 0.0219. The number of halogens is 1. The van der Waals surface area contributed by atoms with Gasteiger partial charge in [-0.25, -0.2) is 13.2 Å². The highest BCUT2D eigenvalue weighted by Gasteiger charge is 2.21. The molecule has 0 spiro atoms. The van der Waals surface area contributed by atoms with Crippen molar-refractivity contribution in [2.24, 2.45) is 0 Å². The number of hydrogen-bond donors (Lipinski definition) is 1.